The molecular formula is C44H35N5. The van der Waals surface area contributed by atoms with Gasteiger partial charge in [0.15, 0.2) is 11.6 Å². The maximum atomic E-state index is 5.49. The van der Waals surface area contributed by atoms with Crippen molar-refractivity contribution in [1.82, 2.24) is 24.1 Å². The van der Waals surface area contributed by atoms with Gasteiger partial charge >= 0.3 is 0 Å². The highest BCUT2D eigenvalue weighted by Gasteiger charge is 2.24. The van der Waals surface area contributed by atoms with Crippen LogP contribution in [0.1, 0.15) is 42.5 Å². The summed E-state index contributed by atoms with van der Waals surface area (Å²) in [6, 6.07) is 32.3. The third-order valence-corrected chi connectivity index (χ3v) is 9.46. The number of hydrogen-bond acceptors (Lipinski definition) is 3. The molecule has 3 aromatic heterocycles. The van der Waals surface area contributed by atoms with E-state index in [4.69, 9.17) is 21.4 Å². The van der Waals surface area contributed by atoms with Crippen molar-refractivity contribution in [3.63, 3.8) is 0 Å². The molecule has 0 unspecified atom stereocenters. The van der Waals surface area contributed by atoms with Gasteiger partial charge in [0, 0.05) is 33.0 Å². The molecule has 0 fully saturated rings. The Morgan fingerprint density at radius 2 is 1.49 bits per heavy atom. The van der Waals surface area contributed by atoms with E-state index in [9.17, 15) is 0 Å². The second-order valence-electron chi connectivity index (χ2n) is 12.4. The first-order valence-electron chi connectivity index (χ1n) is 16.7. The zero-order chi connectivity index (χ0) is 33.5. The average molecular weight is 634 g/mol. The Morgan fingerprint density at radius 1 is 0.755 bits per heavy atom. The van der Waals surface area contributed by atoms with Crippen LogP contribution in [0.4, 0.5) is 0 Å². The lowest BCUT2D eigenvalue weighted by Gasteiger charge is -2.17. The summed E-state index contributed by atoms with van der Waals surface area (Å²) in [4.78, 5) is 15.3. The van der Waals surface area contributed by atoms with Crippen molar-refractivity contribution in [2.75, 3.05) is 0 Å². The molecule has 49 heavy (non-hydrogen) atoms. The summed E-state index contributed by atoms with van der Waals surface area (Å²) in [6.07, 6.45) is 19.4. The molecule has 0 amide bonds. The molecule has 0 saturated carbocycles. The Labute approximate surface area is 286 Å². The van der Waals surface area contributed by atoms with Crippen LogP contribution in [0.15, 0.2) is 127 Å². The first-order valence-corrected chi connectivity index (χ1v) is 16.7. The average Bonchev–Trinajstić information content (AvgIpc) is 3.65. The van der Waals surface area contributed by atoms with Crippen molar-refractivity contribution < 1.29 is 0 Å². The minimum atomic E-state index is 0.580. The fourth-order valence-electron chi connectivity index (χ4n) is 7.13. The summed E-state index contributed by atoms with van der Waals surface area (Å²) in [5.41, 5.74) is 11.0. The van der Waals surface area contributed by atoms with Gasteiger partial charge in [0.05, 0.1) is 22.2 Å². The molecule has 0 spiro atoms. The monoisotopic (exact) mass is 633 g/mol. The van der Waals surface area contributed by atoms with Gasteiger partial charge in [-0.3, -0.25) is 4.57 Å². The maximum Gasteiger partial charge on any atom is 0.238 e. The number of hydrogen-bond donors (Lipinski definition) is 0. The Bertz CT molecular complexity index is 2580. The van der Waals surface area contributed by atoms with E-state index in [2.05, 4.69) is 138 Å². The van der Waals surface area contributed by atoms with Crippen LogP contribution in [0.5, 0.6) is 0 Å². The number of terminal acetylenes is 1. The number of aromatic nitrogens is 5. The summed E-state index contributed by atoms with van der Waals surface area (Å²) < 4.78 is 4.62. The Hall–Kier alpha value is -6.25. The van der Waals surface area contributed by atoms with Gasteiger partial charge in [-0.05, 0) is 80.7 Å². The largest absolute Gasteiger partial charge is 0.309 e. The van der Waals surface area contributed by atoms with E-state index in [1.165, 1.54) is 32.9 Å². The van der Waals surface area contributed by atoms with E-state index in [1.807, 2.05) is 19.1 Å². The van der Waals surface area contributed by atoms with Crippen molar-refractivity contribution in [2.45, 2.75) is 33.6 Å². The molecule has 7 aromatic rings. The zero-order valence-corrected chi connectivity index (χ0v) is 27.9. The summed E-state index contributed by atoms with van der Waals surface area (Å²) in [6.45, 7) is 6.45. The van der Waals surface area contributed by atoms with Gasteiger partial charge < -0.3 is 4.57 Å². The summed E-state index contributed by atoms with van der Waals surface area (Å²) in [5, 5.41) is 3.61. The van der Waals surface area contributed by atoms with E-state index in [-0.39, 0.29) is 0 Å². The Morgan fingerprint density at radius 3 is 2.24 bits per heavy atom. The highest BCUT2D eigenvalue weighted by atomic mass is 15.2. The molecule has 0 atom stereocenters. The molecule has 0 bridgehead atoms. The van der Waals surface area contributed by atoms with Crippen molar-refractivity contribution in [3.05, 3.63) is 150 Å². The third-order valence-electron chi connectivity index (χ3n) is 9.46. The number of allylic oxidation sites excluding steroid dienone is 8. The lowest BCUT2D eigenvalue weighted by Crippen LogP contribution is -2.11. The van der Waals surface area contributed by atoms with Crippen LogP contribution >= 0.6 is 0 Å². The van der Waals surface area contributed by atoms with Crippen LogP contribution in [-0.4, -0.2) is 24.1 Å². The molecule has 5 heteroatoms. The lowest BCUT2D eigenvalue weighted by atomic mass is 9.98. The van der Waals surface area contributed by atoms with Crippen molar-refractivity contribution in [1.29, 1.82) is 0 Å². The minimum absolute atomic E-state index is 0.580. The highest BCUT2D eigenvalue weighted by Crippen LogP contribution is 2.42. The molecule has 1 aliphatic rings. The molecule has 0 N–H and O–H groups in total. The summed E-state index contributed by atoms with van der Waals surface area (Å²) >= 11 is 0. The quantitative estimate of drug-likeness (QED) is 0.135. The standard InChI is InChI=1S/C44H35N5/c1-5-6-9-18-29(2)42-45-43(32-19-10-7-11-20-32)47-44(46-42)49-38-25-16-14-23-34(38)30(3)40(49)35-27-28-37-36-24-15-17-26-39(36)48(41(37)31(35)4)33-21-12-8-13-22-33/h1,6,8-10,12-28H,7,11H2,2-4H3/b9-6-,29-18+. The molecule has 4 aromatic carbocycles. The van der Waals surface area contributed by atoms with Crippen molar-refractivity contribution in [3.8, 4) is 35.2 Å². The molecular weight excluding hydrogens is 599 g/mol. The fourth-order valence-corrected chi connectivity index (χ4v) is 7.13. The summed E-state index contributed by atoms with van der Waals surface area (Å²) in [7, 11) is 0. The van der Waals surface area contributed by atoms with Crippen LogP contribution < -0.4 is 0 Å². The third kappa shape index (κ3) is 5.10. The van der Waals surface area contributed by atoms with E-state index in [0.29, 0.717) is 17.6 Å². The van der Waals surface area contributed by atoms with Gasteiger partial charge in [0.2, 0.25) is 5.95 Å². The molecule has 8 rings (SSSR count). The molecule has 236 valence electrons. The van der Waals surface area contributed by atoms with Gasteiger partial charge in [0.1, 0.15) is 0 Å². The number of fused-ring (bicyclic) bond motifs is 4. The Balaban J connectivity index is 1.45. The normalized spacial score (nSPS) is 13.5. The second kappa shape index (κ2) is 12.4. The molecule has 0 aliphatic heterocycles. The fraction of sp³-hybridized carbons (Fsp3) is 0.114. The minimum Gasteiger partial charge on any atom is -0.309 e. The van der Waals surface area contributed by atoms with Gasteiger partial charge in [-0.15, -0.1) is 6.42 Å². The van der Waals surface area contributed by atoms with Crippen LogP contribution in [0, 0.1) is 26.2 Å². The number of rotatable bonds is 6. The molecule has 5 nitrogen and oxygen atoms in total. The van der Waals surface area contributed by atoms with Crippen LogP contribution in [0.2, 0.25) is 0 Å². The van der Waals surface area contributed by atoms with Crippen molar-refractivity contribution in [2.24, 2.45) is 0 Å². The van der Waals surface area contributed by atoms with E-state index < -0.39 is 0 Å². The number of nitrogens with zero attached hydrogens (tertiary/aromatic N) is 5. The number of benzene rings is 4. The number of aryl methyl sites for hydroxylation is 2. The van der Waals surface area contributed by atoms with Crippen LogP contribution in [0.25, 0.3) is 66.7 Å². The molecule has 0 saturated heterocycles. The molecule has 0 radical (unpaired) electrons. The predicted octanol–water partition coefficient (Wildman–Crippen LogP) is 10.5. The SMILES string of the molecule is C#C/C=C\C=C(/C)c1nc(C2=CCCC=C2)nc(-n2c(-c3ccc4c5ccccc5n(-c5ccccc5)c4c3C)c(C)c3ccccc32)n1. The van der Waals surface area contributed by atoms with Gasteiger partial charge in [-0.1, -0.05) is 103 Å². The molecule has 1 aliphatic carbocycles. The number of para-hydroxylation sites is 3. The van der Waals surface area contributed by atoms with E-state index >= 15 is 0 Å². The zero-order valence-electron chi connectivity index (χ0n) is 27.9. The first kappa shape index (κ1) is 30.1. The smallest absolute Gasteiger partial charge is 0.238 e. The van der Waals surface area contributed by atoms with Gasteiger partial charge in [0.25, 0.3) is 0 Å². The predicted molar refractivity (Wildman–Crippen MR) is 204 cm³/mol. The van der Waals surface area contributed by atoms with Crippen molar-refractivity contribution >= 4 is 43.9 Å². The topological polar surface area (TPSA) is 48.5 Å². The lowest BCUT2D eigenvalue weighted by molar-refractivity contribution is 0.892. The summed E-state index contributed by atoms with van der Waals surface area (Å²) in [5.74, 6) is 4.41. The van der Waals surface area contributed by atoms with E-state index in [0.717, 1.165) is 51.8 Å². The maximum absolute atomic E-state index is 5.49. The second-order valence-corrected chi connectivity index (χ2v) is 12.4. The Kier molecular flexibility index (Phi) is 7.62. The van der Waals surface area contributed by atoms with Crippen LogP contribution in [-0.2, 0) is 0 Å². The van der Waals surface area contributed by atoms with Gasteiger partial charge in [-0.2, -0.15) is 9.97 Å². The van der Waals surface area contributed by atoms with Gasteiger partial charge in [-0.25, -0.2) is 4.98 Å². The van der Waals surface area contributed by atoms with Crippen LogP contribution in [0.3, 0.4) is 0 Å². The highest BCUT2D eigenvalue weighted by molar-refractivity contribution is 6.12. The molecule has 3 heterocycles. The first-order chi connectivity index (χ1) is 24.0. The van der Waals surface area contributed by atoms with E-state index in [1.54, 1.807) is 6.08 Å².